The van der Waals surface area contributed by atoms with Gasteiger partial charge in [-0.1, -0.05) is 13.0 Å². The summed E-state index contributed by atoms with van der Waals surface area (Å²) in [5.41, 5.74) is 1.03. The Morgan fingerprint density at radius 1 is 1.24 bits per heavy atom. The molecule has 3 heterocycles. The topological polar surface area (TPSA) is 96.4 Å². The largest absolute Gasteiger partial charge is 0.325 e. The van der Waals surface area contributed by atoms with E-state index in [2.05, 4.69) is 26.9 Å². The van der Waals surface area contributed by atoms with Gasteiger partial charge in [0.2, 0.25) is 0 Å². The molecule has 0 aliphatic rings. The number of H-pyrrole nitrogens is 2. The molecule has 106 valence electrons. The molecule has 0 aliphatic carbocycles. The number of aromatic amines is 2. The highest BCUT2D eigenvalue weighted by molar-refractivity contribution is 5.53. The Hall–Kier alpha value is -2.96. The quantitative estimate of drug-likeness (QED) is 0.745. The van der Waals surface area contributed by atoms with Gasteiger partial charge in [-0.05, 0) is 18.1 Å². The van der Waals surface area contributed by atoms with Gasteiger partial charge < -0.3 is 4.98 Å². The SMILES string of the molecule is CCc1ccc(-c2nccn2-c2c[nH]c(=O)[nH]c2=O)nc1. The van der Waals surface area contributed by atoms with E-state index in [1.807, 2.05) is 12.1 Å². The molecule has 3 rings (SSSR count). The predicted molar refractivity (Wildman–Crippen MR) is 77.4 cm³/mol. The Morgan fingerprint density at radius 2 is 2.10 bits per heavy atom. The van der Waals surface area contributed by atoms with E-state index < -0.39 is 11.2 Å². The summed E-state index contributed by atoms with van der Waals surface area (Å²) in [6.07, 6.45) is 7.27. The van der Waals surface area contributed by atoms with Gasteiger partial charge >= 0.3 is 5.69 Å². The third kappa shape index (κ3) is 2.40. The molecule has 0 fully saturated rings. The molecule has 0 saturated carbocycles. The number of aryl methyl sites for hydroxylation is 1. The first-order chi connectivity index (χ1) is 10.2. The van der Waals surface area contributed by atoms with Crippen molar-refractivity contribution in [3.63, 3.8) is 0 Å². The monoisotopic (exact) mass is 283 g/mol. The van der Waals surface area contributed by atoms with Crippen LogP contribution in [-0.4, -0.2) is 24.5 Å². The lowest BCUT2D eigenvalue weighted by Crippen LogP contribution is -2.25. The number of rotatable bonds is 3. The molecule has 0 bridgehead atoms. The zero-order chi connectivity index (χ0) is 14.8. The van der Waals surface area contributed by atoms with Crippen LogP contribution in [0.2, 0.25) is 0 Å². The minimum atomic E-state index is -0.546. The average Bonchev–Trinajstić information content (AvgIpc) is 2.96. The number of pyridine rings is 1. The molecule has 0 radical (unpaired) electrons. The zero-order valence-electron chi connectivity index (χ0n) is 11.3. The van der Waals surface area contributed by atoms with Crippen LogP contribution >= 0.6 is 0 Å². The van der Waals surface area contributed by atoms with Crippen molar-refractivity contribution in [1.29, 1.82) is 0 Å². The van der Waals surface area contributed by atoms with E-state index in [1.54, 1.807) is 23.2 Å². The molecule has 2 N–H and O–H groups in total. The van der Waals surface area contributed by atoms with Gasteiger partial charge in [0.05, 0.1) is 0 Å². The summed E-state index contributed by atoms with van der Waals surface area (Å²) >= 11 is 0. The third-order valence-electron chi connectivity index (χ3n) is 3.16. The van der Waals surface area contributed by atoms with Crippen LogP contribution in [-0.2, 0) is 6.42 Å². The van der Waals surface area contributed by atoms with Gasteiger partial charge in [0.25, 0.3) is 5.56 Å². The fourth-order valence-corrected chi connectivity index (χ4v) is 2.03. The standard InChI is InChI=1S/C14H13N5O2/c1-2-9-3-4-10(16-7-9)12-15-5-6-19(12)11-8-17-14(21)18-13(11)20/h3-8H,2H2,1H3,(H2,17,18,20,21). The Balaban J connectivity index is 2.12. The molecule has 3 aromatic heterocycles. The van der Waals surface area contributed by atoms with Crippen molar-refractivity contribution in [1.82, 2.24) is 24.5 Å². The first-order valence-electron chi connectivity index (χ1n) is 6.50. The van der Waals surface area contributed by atoms with Gasteiger partial charge in [-0.3, -0.25) is 19.3 Å². The molecular weight excluding hydrogens is 270 g/mol. The van der Waals surface area contributed by atoms with Crippen LogP contribution in [0.3, 0.4) is 0 Å². The van der Waals surface area contributed by atoms with E-state index in [4.69, 9.17) is 0 Å². The van der Waals surface area contributed by atoms with E-state index in [0.717, 1.165) is 12.0 Å². The van der Waals surface area contributed by atoms with Gasteiger partial charge in [-0.15, -0.1) is 0 Å². The van der Waals surface area contributed by atoms with Crippen molar-refractivity contribution in [2.24, 2.45) is 0 Å². The lowest BCUT2D eigenvalue weighted by Gasteiger charge is -2.06. The molecule has 0 saturated heterocycles. The molecule has 0 unspecified atom stereocenters. The number of hydrogen-bond acceptors (Lipinski definition) is 4. The summed E-state index contributed by atoms with van der Waals surface area (Å²) in [5.74, 6) is 0.537. The molecule has 0 atom stereocenters. The maximum absolute atomic E-state index is 11.9. The Labute approximate surface area is 119 Å². The zero-order valence-corrected chi connectivity index (χ0v) is 11.3. The number of nitrogens with zero attached hydrogens (tertiary/aromatic N) is 3. The third-order valence-corrected chi connectivity index (χ3v) is 3.16. The fraction of sp³-hybridized carbons (Fsp3) is 0.143. The van der Waals surface area contributed by atoms with Crippen molar-refractivity contribution < 1.29 is 0 Å². The summed E-state index contributed by atoms with van der Waals surface area (Å²) in [6.45, 7) is 2.05. The van der Waals surface area contributed by atoms with Gasteiger partial charge in [0.15, 0.2) is 5.82 Å². The van der Waals surface area contributed by atoms with Crippen LogP contribution in [0.15, 0.2) is 46.5 Å². The molecule has 0 aliphatic heterocycles. The van der Waals surface area contributed by atoms with E-state index in [9.17, 15) is 9.59 Å². The lowest BCUT2D eigenvalue weighted by molar-refractivity contribution is 0.948. The van der Waals surface area contributed by atoms with Gasteiger partial charge in [-0.2, -0.15) is 0 Å². The first-order valence-corrected chi connectivity index (χ1v) is 6.50. The average molecular weight is 283 g/mol. The van der Waals surface area contributed by atoms with Crippen molar-refractivity contribution in [3.05, 3.63) is 63.3 Å². The second kappa shape index (κ2) is 5.20. The normalized spacial score (nSPS) is 10.7. The Kier molecular flexibility index (Phi) is 3.23. The predicted octanol–water partition coefficient (Wildman–Crippen LogP) is 0.873. The highest BCUT2D eigenvalue weighted by Crippen LogP contribution is 2.17. The van der Waals surface area contributed by atoms with Gasteiger partial charge in [0.1, 0.15) is 11.4 Å². The number of nitrogens with one attached hydrogen (secondary N) is 2. The molecule has 0 aromatic carbocycles. The van der Waals surface area contributed by atoms with Crippen LogP contribution in [0.5, 0.6) is 0 Å². The van der Waals surface area contributed by atoms with Crippen LogP contribution in [0.4, 0.5) is 0 Å². The lowest BCUT2D eigenvalue weighted by atomic mass is 10.2. The maximum Gasteiger partial charge on any atom is 0.325 e. The van der Waals surface area contributed by atoms with Crippen molar-refractivity contribution in [3.8, 4) is 17.2 Å². The number of imidazole rings is 1. The van der Waals surface area contributed by atoms with Crippen LogP contribution in [0.25, 0.3) is 17.2 Å². The summed E-state index contributed by atoms with van der Waals surface area (Å²) in [7, 11) is 0. The van der Waals surface area contributed by atoms with Crippen LogP contribution in [0.1, 0.15) is 12.5 Å². The summed E-state index contributed by atoms with van der Waals surface area (Å²) < 4.78 is 1.59. The molecule has 0 spiro atoms. The molecule has 0 amide bonds. The van der Waals surface area contributed by atoms with Crippen molar-refractivity contribution >= 4 is 0 Å². The summed E-state index contributed by atoms with van der Waals surface area (Å²) in [4.78, 5) is 36.2. The highest BCUT2D eigenvalue weighted by Gasteiger charge is 2.11. The second-order valence-corrected chi connectivity index (χ2v) is 4.48. The minimum absolute atomic E-state index is 0.281. The molecular formula is C14H13N5O2. The number of hydrogen-bond donors (Lipinski definition) is 2. The van der Waals surface area contributed by atoms with Crippen molar-refractivity contribution in [2.75, 3.05) is 0 Å². The molecule has 7 heteroatoms. The van der Waals surface area contributed by atoms with E-state index in [-0.39, 0.29) is 5.69 Å². The Morgan fingerprint density at radius 3 is 2.76 bits per heavy atom. The van der Waals surface area contributed by atoms with Crippen LogP contribution in [0, 0.1) is 0 Å². The van der Waals surface area contributed by atoms with E-state index in [1.165, 1.54) is 6.20 Å². The van der Waals surface area contributed by atoms with Gasteiger partial charge in [-0.25, -0.2) is 9.78 Å². The van der Waals surface area contributed by atoms with Crippen molar-refractivity contribution in [2.45, 2.75) is 13.3 Å². The van der Waals surface area contributed by atoms with Gasteiger partial charge in [0, 0.05) is 24.8 Å². The smallest absolute Gasteiger partial charge is 0.312 e. The highest BCUT2D eigenvalue weighted by atomic mass is 16.2. The Bertz CT molecular complexity index is 873. The molecule has 7 nitrogen and oxygen atoms in total. The first kappa shape index (κ1) is 13.0. The van der Waals surface area contributed by atoms with E-state index >= 15 is 0 Å². The summed E-state index contributed by atoms with van der Waals surface area (Å²) in [5, 5.41) is 0. The van der Waals surface area contributed by atoms with Crippen LogP contribution < -0.4 is 11.2 Å². The fourth-order valence-electron chi connectivity index (χ4n) is 2.03. The molecule has 3 aromatic rings. The maximum atomic E-state index is 11.9. The summed E-state index contributed by atoms with van der Waals surface area (Å²) in [6, 6.07) is 3.83. The number of aromatic nitrogens is 5. The second-order valence-electron chi connectivity index (χ2n) is 4.48. The minimum Gasteiger partial charge on any atom is -0.312 e. The van der Waals surface area contributed by atoms with E-state index in [0.29, 0.717) is 11.5 Å². The molecule has 21 heavy (non-hydrogen) atoms.